The number of aryl methyl sites for hydroxylation is 3. The number of ketones is 2. The van der Waals surface area contributed by atoms with Gasteiger partial charge in [0, 0.05) is 16.7 Å². The average molecular weight is 467 g/mol. The van der Waals surface area contributed by atoms with Crippen molar-refractivity contribution >= 4 is 60.7 Å². The van der Waals surface area contributed by atoms with Gasteiger partial charge in [0.2, 0.25) is 0 Å². The largest absolute Gasteiger partial charge is 0.288 e. The number of allylic oxidation sites excluding steroid dienone is 1. The predicted molar refractivity (Wildman–Crippen MR) is 136 cm³/mol. The van der Waals surface area contributed by atoms with Crippen molar-refractivity contribution in [1.29, 1.82) is 0 Å². The van der Waals surface area contributed by atoms with Gasteiger partial charge in [-0.3, -0.25) is 9.59 Å². The van der Waals surface area contributed by atoms with Gasteiger partial charge < -0.3 is 0 Å². The molecular weight excluding hydrogens is 448 g/mol. The van der Waals surface area contributed by atoms with Crippen LogP contribution in [0.15, 0.2) is 54.1 Å². The van der Waals surface area contributed by atoms with Crippen molar-refractivity contribution in [1.82, 2.24) is 9.97 Å². The van der Waals surface area contributed by atoms with Crippen molar-refractivity contribution < 1.29 is 9.59 Å². The van der Waals surface area contributed by atoms with E-state index in [0.29, 0.717) is 16.1 Å². The van der Waals surface area contributed by atoms with Crippen molar-refractivity contribution in [3.63, 3.8) is 0 Å². The van der Waals surface area contributed by atoms with E-state index >= 15 is 0 Å². The SMILES string of the molecule is Cc1cc(C)c(-c2nc3sc(C=C4C(=O)c5cc6ccccc6cc5C4=O)nc3s2)c(C)c1. The maximum absolute atomic E-state index is 13.0. The van der Waals surface area contributed by atoms with Crippen LogP contribution in [0.1, 0.15) is 42.4 Å². The molecule has 6 rings (SSSR count). The summed E-state index contributed by atoms with van der Waals surface area (Å²) in [7, 11) is 0. The number of benzene rings is 3. The number of hydrogen-bond donors (Lipinski definition) is 0. The van der Waals surface area contributed by atoms with Gasteiger partial charge in [-0.1, -0.05) is 64.6 Å². The molecule has 0 atom stereocenters. The van der Waals surface area contributed by atoms with Crippen LogP contribution < -0.4 is 0 Å². The minimum Gasteiger partial charge on any atom is -0.288 e. The Morgan fingerprint density at radius 3 is 1.91 bits per heavy atom. The fourth-order valence-electron chi connectivity index (χ4n) is 4.61. The highest BCUT2D eigenvalue weighted by Crippen LogP contribution is 2.38. The molecule has 0 spiro atoms. The van der Waals surface area contributed by atoms with Gasteiger partial charge in [0.1, 0.15) is 10.0 Å². The fourth-order valence-corrected chi connectivity index (χ4v) is 6.78. The zero-order valence-corrected chi connectivity index (χ0v) is 19.9. The van der Waals surface area contributed by atoms with E-state index in [9.17, 15) is 9.59 Å². The molecule has 0 saturated carbocycles. The second-order valence-corrected chi connectivity index (χ2v) is 10.4. The lowest BCUT2D eigenvalue weighted by Gasteiger charge is -2.08. The molecule has 0 N–H and O–H groups in total. The van der Waals surface area contributed by atoms with Gasteiger partial charge in [0.25, 0.3) is 0 Å². The summed E-state index contributed by atoms with van der Waals surface area (Å²) >= 11 is 2.95. The first kappa shape index (κ1) is 20.1. The molecule has 160 valence electrons. The number of Topliss-reactive ketones (excluding diaryl/α,β-unsaturated/α-hetero) is 2. The monoisotopic (exact) mass is 466 g/mol. The molecule has 0 saturated heterocycles. The Hall–Kier alpha value is -3.48. The lowest BCUT2D eigenvalue weighted by molar-refractivity contribution is 0.0990. The highest BCUT2D eigenvalue weighted by atomic mass is 32.1. The predicted octanol–water partition coefficient (Wildman–Crippen LogP) is 6.96. The van der Waals surface area contributed by atoms with E-state index in [1.54, 1.807) is 17.4 Å². The highest BCUT2D eigenvalue weighted by molar-refractivity contribution is 7.28. The Morgan fingerprint density at radius 1 is 0.758 bits per heavy atom. The van der Waals surface area contributed by atoms with Crippen LogP contribution in [-0.2, 0) is 0 Å². The molecule has 1 aliphatic carbocycles. The van der Waals surface area contributed by atoms with Crippen molar-refractivity contribution in [3.8, 4) is 10.6 Å². The first-order valence-electron chi connectivity index (χ1n) is 10.6. The number of carbonyl (C=O) groups is 2. The van der Waals surface area contributed by atoms with Crippen LogP contribution in [-0.4, -0.2) is 21.5 Å². The molecule has 6 heteroatoms. The first-order valence-corrected chi connectivity index (χ1v) is 12.2. The topological polar surface area (TPSA) is 59.9 Å². The standard InChI is InChI=1S/C27H18N2O2S2/c1-13-8-14(2)22(15(3)9-13)25-29-27-26(33-25)28-21(32-27)12-20-23(30)18-10-16-6-4-5-7-17(16)11-19(18)24(20)31/h4-12H,1-3H3. The number of nitrogens with zero attached hydrogens (tertiary/aromatic N) is 2. The summed E-state index contributed by atoms with van der Waals surface area (Å²) in [6.07, 6.45) is 1.62. The van der Waals surface area contributed by atoms with Crippen molar-refractivity contribution in [2.45, 2.75) is 20.8 Å². The molecule has 0 radical (unpaired) electrons. The molecule has 0 amide bonds. The van der Waals surface area contributed by atoms with Gasteiger partial charge in [0.15, 0.2) is 21.2 Å². The number of aromatic nitrogens is 2. The summed E-state index contributed by atoms with van der Waals surface area (Å²) in [6, 6.07) is 15.7. The van der Waals surface area contributed by atoms with Crippen LogP contribution in [0.4, 0.5) is 0 Å². The number of thiazole rings is 2. The summed E-state index contributed by atoms with van der Waals surface area (Å²) in [4.78, 5) is 37.2. The van der Waals surface area contributed by atoms with E-state index < -0.39 is 0 Å². The average Bonchev–Trinajstić information content (AvgIpc) is 3.39. The zero-order chi connectivity index (χ0) is 22.9. The quantitative estimate of drug-likeness (QED) is 0.208. The third-order valence-electron chi connectivity index (χ3n) is 6.02. The van der Waals surface area contributed by atoms with Gasteiger partial charge in [-0.2, -0.15) is 0 Å². The van der Waals surface area contributed by atoms with Crippen molar-refractivity contribution in [2.75, 3.05) is 0 Å². The lowest BCUT2D eigenvalue weighted by atomic mass is 10.0. The molecular formula is C27H18N2O2S2. The molecule has 4 nitrogen and oxygen atoms in total. The Labute approximate surface area is 198 Å². The van der Waals surface area contributed by atoms with E-state index in [1.165, 1.54) is 28.0 Å². The molecule has 0 aliphatic heterocycles. The Kier molecular flexibility index (Phi) is 4.44. The zero-order valence-electron chi connectivity index (χ0n) is 18.2. The highest BCUT2D eigenvalue weighted by Gasteiger charge is 2.33. The number of fused-ring (bicyclic) bond motifs is 3. The first-order chi connectivity index (χ1) is 15.9. The second kappa shape index (κ2) is 7.27. The second-order valence-electron chi connectivity index (χ2n) is 8.42. The molecule has 2 heterocycles. The summed E-state index contributed by atoms with van der Waals surface area (Å²) in [5.41, 5.74) is 5.89. The third kappa shape index (κ3) is 3.17. The molecule has 1 aliphatic rings. The van der Waals surface area contributed by atoms with Crippen molar-refractivity contribution in [2.24, 2.45) is 0 Å². The Bertz CT molecular complexity index is 1580. The van der Waals surface area contributed by atoms with Gasteiger partial charge >= 0.3 is 0 Å². The van der Waals surface area contributed by atoms with Crippen LogP contribution in [0.25, 0.3) is 37.1 Å². The van der Waals surface area contributed by atoms with Gasteiger partial charge in [-0.25, -0.2) is 9.97 Å². The number of rotatable bonds is 2. The van der Waals surface area contributed by atoms with Crippen LogP contribution in [0.2, 0.25) is 0 Å². The van der Waals surface area contributed by atoms with Crippen LogP contribution in [0.5, 0.6) is 0 Å². The molecule has 3 aromatic carbocycles. The molecule has 2 aromatic heterocycles. The van der Waals surface area contributed by atoms with Crippen LogP contribution in [0.3, 0.4) is 0 Å². The van der Waals surface area contributed by atoms with E-state index in [4.69, 9.17) is 4.98 Å². The smallest absolute Gasteiger partial charge is 0.197 e. The Morgan fingerprint density at radius 2 is 1.33 bits per heavy atom. The van der Waals surface area contributed by atoms with Gasteiger partial charge in [-0.15, -0.1) is 0 Å². The van der Waals surface area contributed by atoms with Crippen molar-refractivity contribution in [3.05, 3.63) is 86.9 Å². The maximum atomic E-state index is 13.0. The minimum atomic E-state index is -0.237. The summed E-state index contributed by atoms with van der Waals surface area (Å²) in [5, 5.41) is 3.48. The summed E-state index contributed by atoms with van der Waals surface area (Å²) in [5.74, 6) is -0.474. The van der Waals surface area contributed by atoms with Gasteiger partial charge in [-0.05, 0) is 60.9 Å². The normalized spacial score (nSPS) is 13.4. The summed E-state index contributed by atoms with van der Waals surface area (Å²) < 4.78 is 0. The summed E-state index contributed by atoms with van der Waals surface area (Å²) in [6.45, 7) is 6.30. The van der Waals surface area contributed by atoms with Crippen LogP contribution in [0, 0.1) is 20.8 Å². The molecule has 0 bridgehead atoms. The number of hydrogen-bond acceptors (Lipinski definition) is 6. The Balaban J connectivity index is 1.39. The minimum absolute atomic E-state index is 0.173. The molecule has 0 unspecified atom stereocenters. The maximum Gasteiger partial charge on any atom is 0.197 e. The molecule has 33 heavy (non-hydrogen) atoms. The van der Waals surface area contributed by atoms with Gasteiger partial charge in [0.05, 0.1) is 5.57 Å². The fraction of sp³-hybridized carbons (Fsp3) is 0.111. The van der Waals surface area contributed by atoms with Crippen LogP contribution >= 0.6 is 22.7 Å². The molecule has 5 aromatic rings. The number of carbonyl (C=O) groups excluding carboxylic acids is 2. The van der Waals surface area contributed by atoms with E-state index in [-0.39, 0.29) is 17.1 Å². The van der Waals surface area contributed by atoms with E-state index in [2.05, 4.69) is 37.9 Å². The lowest BCUT2D eigenvalue weighted by Crippen LogP contribution is -2.00. The molecule has 0 fully saturated rings. The van der Waals surface area contributed by atoms with E-state index in [1.807, 2.05) is 36.4 Å². The third-order valence-corrected chi connectivity index (χ3v) is 8.01. The van der Waals surface area contributed by atoms with E-state index in [0.717, 1.165) is 31.0 Å².